The van der Waals surface area contributed by atoms with E-state index in [4.69, 9.17) is 5.73 Å². The van der Waals surface area contributed by atoms with Crippen molar-refractivity contribution in [3.8, 4) is 11.3 Å². The maximum atomic E-state index is 13.3. The average molecular weight is 205 g/mol. The van der Waals surface area contributed by atoms with Crippen molar-refractivity contribution in [3.05, 3.63) is 35.9 Å². The zero-order chi connectivity index (χ0) is 10.8. The Morgan fingerprint density at radius 3 is 2.73 bits per heavy atom. The molecule has 0 fully saturated rings. The zero-order valence-corrected chi connectivity index (χ0v) is 8.37. The molecule has 3 nitrogen and oxygen atoms in total. The highest BCUT2D eigenvalue weighted by molar-refractivity contribution is 5.66. The van der Waals surface area contributed by atoms with Gasteiger partial charge in [0.15, 0.2) is 0 Å². The lowest BCUT2D eigenvalue weighted by Crippen LogP contribution is -1.90. The van der Waals surface area contributed by atoms with Crippen molar-refractivity contribution >= 4 is 5.82 Å². The molecule has 15 heavy (non-hydrogen) atoms. The number of benzene rings is 1. The van der Waals surface area contributed by atoms with Crippen LogP contribution in [0, 0.1) is 0 Å². The number of nitrogens with zero attached hydrogens (tertiary/aromatic N) is 1. The monoisotopic (exact) mass is 205 g/mol. The highest BCUT2D eigenvalue weighted by atomic mass is 19.1. The molecule has 0 aliphatic rings. The SMILES string of the molecule is CC(F)c1ccccc1-c1cc(N)n[nH]1. The van der Waals surface area contributed by atoms with Crippen molar-refractivity contribution in [2.24, 2.45) is 0 Å². The minimum absolute atomic E-state index is 0.409. The van der Waals surface area contributed by atoms with Gasteiger partial charge in [-0.2, -0.15) is 5.10 Å². The van der Waals surface area contributed by atoms with E-state index in [0.29, 0.717) is 11.4 Å². The first-order valence-electron chi connectivity index (χ1n) is 4.72. The number of anilines is 1. The van der Waals surface area contributed by atoms with Gasteiger partial charge in [-0.1, -0.05) is 24.3 Å². The molecule has 2 aromatic rings. The molecule has 0 aliphatic heterocycles. The lowest BCUT2D eigenvalue weighted by molar-refractivity contribution is 0.375. The summed E-state index contributed by atoms with van der Waals surface area (Å²) in [6, 6.07) is 8.98. The van der Waals surface area contributed by atoms with Gasteiger partial charge in [0.2, 0.25) is 0 Å². The second kappa shape index (κ2) is 3.73. The standard InChI is InChI=1S/C11H12FN3/c1-7(12)8-4-2-3-5-9(8)10-6-11(13)15-14-10/h2-7H,1H3,(H3,13,14,15). The Morgan fingerprint density at radius 1 is 1.40 bits per heavy atom. The van der Waals surface area contributed by atoms with Crippen LogP contribution >= 0.6 is 0 Å². The Kier molecular flexibility index (Phi) is 2.41. The predicted octanol–water partition coefficient (Wildman–Crippen LogP) is 2.69. The Balaban J connectivity index is 2.52. The fourth-order valence-corrected chi connectivity index (χ4v) is 1.56. The van der Waals surface area contributed by atoms with Gasteiger partial charge in [0.1, 0.15) is 12.0 Å². The summed E-state index contributed by atoms with van der Waals surface area (Å²) in [4.78, 5) is 0. The zero-order valence-electron chi connectivity index (χ0n) is 8.37. The van der Waals surface area contributed by atoms with Crippen LogP contribution in [0.2, 0.25) is 0 Å². The van der Waals surface area contributed by atoms with Crippen molar-refractivity contribution in [2.45, 2.75) is 13.1 Å². The fourth-order valence-electron chi connectivity index (χ4n) is 1.56. The minimum atomic E-state index is -1.01. The number of H-pyrrole nitrogens is 1. The van der Waals surface area contributed by atoms with Crippen molar-refractivity contribution in [2.75, 3.05) is 5.73 Å². The molecule has 3 N–H and O–H groups in total. The number of hydrogen-bond donors (Lipinski definition) is 2. The van der Waals surface area contributed by atoms with Crippen molar-refractivity contribution in [3.63, 3.8) is 0 Å². The first kappa shape index (κ1) is 9.71. The number of rotatable bonds is 2. The first-order valence-corrected chi connectivity index (χ1v) is 4.72. The highest BCUT2D eigenvalue weighted by Crippen LogP contribution is 2.29. The summed E-state index contributed by atoms with van der Waals surface area (Å²) >= 11 is 0. The second-order valence-electron chi connectivity index (χ2n) is 3.41. The third-order valence-electron chi connectivity index (χ3n) is 2.28. The van der Waals surface area contributed by atoms with Gasteiger partial charge in [0.05, 0.1) is 5.69 Å². The van der Waals surface area contributed by atoms with Crippen LogP contribution < -0.4 is 5.73 Å². The molecule has 0 spiro atoms. The Morgan fingerprint density at radius 2 is 2.13 bits per heavy atom. The van der Waals surface area contributed by atoms with E-state index in [1.54, 1.807) is 12.1 Å². The number of hydrogen-bond acceptors (Lipinski definition) is 2. The van der Waals surface area contributed by atoms with Crippen LogP contribution in [0.4, 0.5) is 10.2 Å². The van der Waals surface area contributed by atoms with E-state index >= 15 is 0 Å². The predicted molar refractivity (Wildman–Crippen MR) is 58.0 cm³/mol. The number of halogens is 1. The van der Waals surface area contributed by atoms with E-state index in [0.717, 1.165) is 11.3 Å². The summed E-state index contributed by atoms with van der Waals surface area (Å²) in [5.41, 5.74) is 7.69. The van der Waals surface area contributed by atoms with Crippen molar-refractivity contribution < 1.29 is 4.39 Å². The molecule has 0 amide bonds. The summed E-state index contributed by atoms with van der Waals surface area (Å²) in [5.74, 6) is 0.409. The van der Waals surface area contributed by atoms with E-state index in [9.17, 15) is 4.39 Å². The summed E-state index contributed by atoms with van der Waals surface area (Å²) in [6.45, 7) is 1.51. The van der Waals surface area contributed by atoms with E-state index in [2.05, 4.69) is 10.2 Å². The molecule has 1 aromatic heterocycles. The summed E-state index contributed by atoms with van der Waals surface area (Å²) < 4.78 is 13.3. The fraction of sp³-hybridized carbons (Fsp3) is 0.182. The molecule has 0 saturated heterocycles. The Hall–Kier alpha value is -1.84. The van der Waals surface area contributed by atoms with Crippen LogP contribution in [-0.4, -0.2) is 10.2 Å². The lowest BCUT2D eigenvalue weighted by Gasteiger charge is -2.07. The molecule has 0 radical (unpaired) electrons. The third kappa shape index (κ3) is 1.83. The molecule has 78 valence electrons. The summed E-state index contributed by atoms with van der Waals surface area (Å²) in [6.07, 6.45) is -1.01. The van der Waals surface area contributed by atoms with Gasteiger partial charge < -0.3 is 5.73 Å². The smallest absolute Gasteiger partial charge is 0.145 e. The minimum Gasteiger partial charge on any atom is -0.382 e. The van der Waals surface area contributed by atoms with Gasteiger partial charge in [0, 0.05) is 11.6 Å². The maximum absolute atomic E-state index is 13.3. The molecular formula is C11H12FN3. The maximum Gasteiger partial charge on any atom is 0.145 e. The number of nitrogens with one attached hydrogen (secondary N) is 1. The number of aromatic amines is 1. The van der Waals surface area contributed by atoms with Gasteiger partial charge in [0.25, 0.3) is 0 Å². The van der Waals surface area contributed by atoms with Crippen molar-refractivity contribution in [1.29, 1.82) is 0 Å². The number of alkyl halides is 1. The molecule has 1 atom stereocenters. The molecule has 1 heterocycles. The largest absolute Gasteiger partial charge is 0.382 e. The van der Waals surface area contributed by atoms with Crippen LogP contribution in [0.15, 0.2) is 30.3 Å². The van der Waals surface area contributed by atoms with Crippen LogP contribution in [0.5, 0.6) is 0 Å². The lowest BCUT2D eigenvalue weighted by atomic mass is 10.0. The van der Waals surface area contributed by atoms with Crippen LogP contribution in [0.1, 0.15) is 18.7 Å². The van der Waals surface area contributed by atoms with Gasteiger partial charge >= 0.3 is 0 Å². The quantitative estimate of drug-likeness (QED) is 0.791. The van der Waals surface area contributed by atoms with Gasteiger partial charge in [-0.15, -0.1) is 0 Å². The summed E-state index contributed by atoms with van der Waals surface area (Å²) in [5, 5.41) is 6.60. The topological polar surface area (TPSA) is 54.7 Å². The van der Waals surface area contributed by atoms with E-state index in [-0.39, 0.29) is 0 Å². The molecule has 2 rings (SSSR count). The number of nitrogens with two attached hydrogens (primary N) is 1. The van der Waals surface area contributed by atoms with E-state index in [1.165, 1.54) is 6.92 Å². The van der Waals surface area contributed by atoms with Crippen LogP contribution in [0.25, 0.3) is 11.3 Å². The molecule has 0 bridgehead atoms. The average Bonchev–Trinajstić information content (AvgIpc) is 2.65. The highest BCUT2D eigenvalue weighted by Gasteiger charge is 2.11. The molecule has 4 heteroatoms. The number of aromatic nitrogens is 2. The van der Waals surface area contributed by atoms with Crippen LogP contribution in [0.3, 0.4) is 0 Å². The molecule has 1 aromatic carbocycles. The van der Waals surface area contributed by atoms with Gasteiger partial charge in [-0.25, -0.2) is 4.39 Å². The number of nitrogen functional groups attached to an aromatic ring is 1. The Bertz CT molecular complexity index is 462. The second-order valence-corrected chi connectivity index (χ2v) is 3.41. The molecular weight excluding hydrogens is 193 g/mol. The van der Waals surface area contributed by atoms with E-state index in [1.807, 2.05) is 18.2 Å². The Labute approximate surface area is 87.1 Å². The molecule has 0 aliphatic carbocycles. The van der Waals surface area contributed by atoms with Gasteiger partial charge in [-0.3, -0.25) is 5.10 Å². The molecule has 0 saturated carbocycles. The van der Waals surface area contributed by atoms with Crippen molar-refractivity contribution in [1.82, 2.24) is 10.2 Å². The van der Waals surface area contributed by atoms with Crippen LogP contribution in [-0.2, 0) is 0 Å². The molecule has 1 unspecified atom stereocenters. The van der Waals surface area contributed by atoms with E-state index < -0.39 is 6.17 Å². The van der Waals surface area contributed by atoms with Gasteiger partial charge in [-0.05, 0) is 12.5 Å². The summed E-state index contributed by atoms with van der Waals surface area (Å²) in [7, 11) is 0. The normalized spacial score (nSPS) is 12.7. The third-order valence-corrected chi connectivity index (χ3v) is 2.28. The first-order chi connectivity index (χ1) is 7.18.